The summed E-state index contributed by atoms with van der Waals surface area (Å²) >= 11 is 0. The number of halogens is 4. The SMILES string of the molecule is Cl.O=S(=O)(NCCC1CCCNC1)c1cccc(C(F)(F)F)c1. The van der Waals surface area contributed by atoms with Gasteiger partial charge in [0.15, 0.2) is 0 Å². The summed E-state index contributed by atoms with van der Waals surface area (Å²) in [6.45, 7) is 2.06. The molecule has 2 N–H and O–H groups in total. The third kappa shape index (κ3) is 5.95. The normalized spacial score (nSPS) is 19.2. The Balaban J connectivity index is 0.00000264. The molecule has 4 nitrogen and oxygen atoms in total. The lowest BCUT2D eigenvalue weighted by atomic mass is 9.96. The van der Waals surface area contributed by atoms with Crippen LogP contribution in [0.5, 0.6) is 0 Å². The van der Waals surface area contributed by atoms with E-state index in [0.717, 1.165) is 38.1 Å². The summed E-state index contributed by atoms with van der Waals surface area (Å²) in [4.78, 5) is -0.357. The van der Waals surface area contributed by atoms with E-state index in [0.29, 0.717) is 18.4 Å². The van der Waals surface area contributed by atoms with Crippen molar-refractivity contribution in [1.29, 1.82) is 0 Å². The van der Waals surface area contributed by atoms with Gasteiger partial charge in [-0.05, 0) is 56.5 Å². The third-order valence-corrected chi connectivity index (χ3v) is 5.17. The third-order valence-electron chi connectivity index (χ3n) is 3.72. The van der Waals surface area contributed by atoms with Gasteiger partial charge in [-0.15, -0.1) is 12.4 Å². The van der Waals surface area contributed by atoms with Gasteiger partial charge in [-0.1, -0.05) is 6.07 Å². The molecule has 132 valence electrons. The molecule has 1 saturated heterocycles. The lowest BCUT2D eigenvalue weighted by Gasteiger charge is -2.22. The molecule has 9 heteroatoms. The van der Waals surface area contributed by atoms with Crippen LogP contribution in [0.3, 0.4) is 0 Å². The predicted octanol–water partition coefficient (Wildman–Crippen LogP) is 2.80. The summed E-state index contributed by atoms with van der Waals surface area (Å²) in [5.74, 6) is 0.401. The minimum absolute atomic E-state index is 0. The van der Waals surface area contributed by atoms with Crippen LogP contribution in [0.2, 0.25) is 0 Å². The van der Waals surface area contributed by atoms with Gasteiger partial charge in [0, 0.05) is 6.54 Å². The molecule has 2 rings (SSSR count). The first-order valence-corrected chi connectivity index (χ1v) is 8.65. The highest BCUT2D eigenvalue weighted by Gasteiger charge is 2.31. The molecular weight excluding hydrogens is 353 g/mol. The van der Waals surface area contributed by atoms with Crippen LogP contribution in [0, 0.1) is 5.92 Å². The maximum atomic E-state index is 12.6. The van der Waals surface area contributed by atoms with Crippen LogP contribution >= 0.6 is 12.4 Å². The molecule has 1 aromatic rings. The van der Waals surface area contributed by atoms with Crippen LogP contribution in [0.1, 0.15) is 24.8 Å². The number of hydrogen-bond acceptors (Lipinski definition) is 3. The highest BCUT2D eigenvalue weighted by atomic mass is 35.5. The van der Waals surface area contributed by atoms with Crippen molar-refractivity contribution in [1.82, 2.24) is 10.0 Å². The highest BCUT2D eigenvalue weighted by molar-refractivity contribution is 7.89. The number of benzene rings is 1. The molecule has 1 aliphatic heterocycles. The summed E-state index contributed by atoms with van der Waals surface area (Å²) in [5, 5.41) is 3.24. The first kappa shape index (κ1) is 20.2. The van der Waals surface area contributed by atoms with Crippen molar-refractivity contribution in [2.45, 2.75) is 30.3 Å². The van der Waals surface area contributed by atoms with Crippen molar-refractivity contribution < 1.29 is 21.6 Å². The molecule has 0 spiro atoms. The summed E-state index contributed by atoms with van der Waals surface area (Å²) < 4.78 is 64.4. The van der Waals surface area contributed by atoms with E-state index in [1.54, 1.807) is 0 Å². The number of hydrogen-bond donors (Lipinski definition) is 2. The van der Waals surface area contributed by atoms with Crippen LogP contribution in [-0.4, -0.2) is 28.1 Å². The quantitative estimate of drug-likeness (QED) is 0.835. The average molecular weight is 373 g/mol. The Bertz CT molecular complexity index is 602. The molecule has 0 aromatic heterocycles. The molecule has 23 heavy (non-hydrogen) atoms. The Morgan fingerprint density at radius 3 is 2.65 bits per heavy atom. The van der Waals surface area contributed by atoms with Gasteiger partial charge >= 0.3 is 6.18 Å². The van der Waals surface area contributed by atoms with Gasteiger partial charge < -0.3 is 5.32 Å². The smallest absolute Gasteiger partial charge is 0.316 e. The van der Waals surface area contributed by atoms with Gasteiger partial charge in [0.05, 0.1) is 10.5 Å². The lowest BCUT2D eigenvalue weighted by Crippen LogP contribution is -2.33. The fourth-order valence-electron chi connectivity index (χ4n) is 2.49. The first-order chi connectivity index (χ1) is 10.3. The molecule has 0 radical (unpaired) electrons. The van der Waals surface area contributed by atoms with Crippen molar-refractivity contribution in [2.24, 2.45) is 5.92 Å². The number of alkyl halides is 3. The predicted molar refractivity (Wildman–Crippen MR) is 84.1 cm³/mol. The molecule has 0 amide bonds. The van der Waals surface area contributed by atoms with E-state index in [1.807, 2.05) is 0 Å². The Kier molecular flexibility index (Phi) is 7.31. The van der Waals surface area contributed by atoms with Crippen LogP contribution < -0.4 is 10.0 Å². The van der Waals surface area contributed by atoms with Crippen molar-refractivity contribution in [3.63, 3.8) is 0 Å². The van der Waals surface area contributed by atoms with Gasteiger partial charge in [-0.2, -0.15) is 13.2 Å². The van der Waals surface area contributed by atoms with E-state index in [4.69, 9.17) is 0 Å². The second kappa shape index (κ2) is 8.32. The van der Waals surface area contributed by atoms with E-state index in [9.17, 15) is 21.6 Å². The molecule has 1 fully saturated rings. The standard InChI is InChI=1S/C14H19F3N2O2S.ClH/c15-14(16,17)12-4-1-5-13(9-12)22(20,21)19-8-6-11-3-2-7-18-10-11;/h1,4-5,9,11,18-19H,2-3,6-8,10H2;1H. The molecule has 1 aromatic carbocycles. The lowest BCUT2D eigenvalue weighted by molar-refractivity contribution is -0.137. The largest absolute Gasteiger partial charge is 0.416 e. The molecule has 0 bridgehead atoms. The van der Waals surface area contributed by atoms with Crippen molar-refractivity contribution in [2.75, 3.05) is 19.6 Å². The maximum Gasteiger partial charge on any atom is 0.416 e. The Hall–Kier alpha value is -0.830. The van der Waals surface area contributed by atoms with Gasteiger partial charge in [0.1, 0.15) is 0 Å². The highest BCUT2D eigenvalue weighted by Crippen LogP contribution is 2.30. The minimum Gasteiger partial charge on any atom is -0.316 e. The van der Waals surface area contributed by atoms with Crippen LogP contribution in [0.4, 0.5) is 13.2 Å². The van der Waals surface area contributed by atoms with Gasteiger partial charge in [0.2, 0.25) is 10.0 Å². The molecule has 1 aliphatic rings. The fraction of sp³-hybridized carbons (Fsp3) is 0.571. The Morgan fingerprint density at radius 2 is 2.04 bits per heavy atom. The summed E-state index contributed by atoms with van der Waals surface area (Å²) in [6, 6.07) is 3.78. The number of piperidine rings is 1. The van der Waals surface area contributed by atoms with Crippen molar-refractivity contribution in [3.8, 4) is 0 Å². The molecule has 1 atom stereocenters. The Morgan fingerprint density at radius 1 is 1.30 bits per heavy atom. The van der Waals surface area contributed by atoms with Crippen LogP contribution in [0.15, 0.2) is 29.2 Å². The van der Waals surface area contributed by atoms with E-state index in [-0.39, 0.29) is 23.8 Å². The van der Waals surface area contributed by atoms with E-state index in [2.05, 4.69) is 10.0 Å². The van der Waals surface area contributed by atoms with Gasteiger partial charge in [-0.25, -0.2) is 13.1 Å². The molecule has 0 aliphatic carbocycles. The maximum absolute atomic E-state index is 12.6. The summed E-state index contributed by atoms with van der Waals surface area (Å²) in [6.07, 6.45) is -1.78. The Labute approximate surface area is 140 Å². The fourth-order valence-corrected chi connectivity index (χ4v) is 3.58. The molecule has 1 unspecified atom stereocenters. The zero-order chi connectivity index (χ0) is 16.2. The zero-order valence-electron chi connectivity index (χ0n) is 12.4. The molecule has 0 saturated carbocycles. The summed E-state index contributed by atoms with van der Waals surface area (Å²) in [7, 11) is -3.91. The molecule has 1 heterocycles. The summed E-state index contributed by atoms with van der Waals surface area (Å²) in [5.41, 5.74) is -0.966. The van der Waals surface area contributed by atoms with Gasteiger partial charge in [-0.3, -0.25) is 0 Å². The minimum atomic E-state index is -4.56. The van der Waals surface area contributed by atoms with E-state index >= 15 is 0 Å². The van der Waals surface area contributed by atoms with E-state index in [1.165, 1.54) is 6.07 Å². The van der Waals surface area contributed by atoms with Crippen LogP contribution in [0.25, 0.3) is 0 Å². The van der Waals surface area contributed by atoms with Crippen LogP contribution in [-0.2, 0) is 16.2 Å². The molecular formula is C14H20ClF3N2O2S. The second-order valence-electron chi connectivity index (χ2n) is 5.42. The van der Waals surface area contributed by atoms with E-state index < -0.39 is 21.8 Å². The second-order valence-corrected chi connectivity index (χ2v) is 7.19. The van der Waals surface area contributed by atoms with Crippen molar-refractivity contribution in [3.05, 3.63) is 29.8 Å². The number of nitrogens with one attached hydrogen (secondary N) is 2. The average Bonchev–Trinajstić information content (AvgIpc) is 2.47. The first-order valence-electron chi connectivity index (χ1n) is 7.17. The van der Waals surface area contributed by atoms with Crippen molar-refractivity contribution >= 4 is 22.4 Å². The van der Waals surface area contributed by atoms with Gasteiger partial charge in [0.25, 0.3) is 0 Å². The zero-order valence-corrected chi connectivity index (χ0v) is 14.0. The number of rotatable bonds is 5. The number of sulfonamides is 1. The monoisotopic (exact) mass is 372 g/mol. The topological polar surface area (TPSA) is 58.2 Å².